The lowest BCUT2D eigenvalue weighted by atomic mass is 10.0. The first-order valence-electron chi connectivity index (χ1n) is 8.68. The van der Waals surface area contributed by atoms with Crippen molar-refractivity contribution >= 4 is 11.6 Å². The van der Waals surface area contributed by atoms with Crippen molar-refractivity contribution in [2.75, 3.05) is 5.32 Å². The molecular weight excluding hydrogens is 367 g/mol. The van der Waals surface area contributed by atoms with E-state index in [1.54, 1.807) is 24.3 Å². The first-order chi connectivity index (χ1) is 13.4. The van der Waals surface area contributed by atoms with E-state index >= 15 is 0 Å². The molecule has 28 heavy (non-hydrogen) atoms. The molecule has 2 heterocycles. The number of pyridine rings is 1. The molecule has 4 nitrogen and oxygen atoms in total. The maximum atomic E-state index is 12.8. The molecule has 142 valence electrons. The zero-order chi connectivity index (χ0) is 19.7. The summed E-state index contributed by atoms with van der Waals surface area (Å²) in [6.45, 7) is 1.57. The molecule has 0 atom stereocenters. The van der Waals surface area contributed by atoms with Gasteiger partial charge in [0.1, 0.15) is 0 Å². The van der Waals surface area contributed by atoms with Crippen molar-refractivity contribution in [3.8, 4) is 11.3 Å². The van der Waals surface area contributed by atoms with Gasteiger partial charge in [0, 0.05) is 36.1 Å². The summed E-state index contributed by atoms with van der Waals surface area (Å²) >= 11 is 0. The molecule has 1 aliphatic heterocycles. The third kappa shape index (κ3) is 3.61. The standard InChI is InChI=1S/C21H16F3N3O/c22-21(23,24)15-6-8-19(26-12-15)17-3-1-2-4-18(17)20(28)27-16-7-5-13-10-25-11-14(13)9-16/h1-9,12,25H,10-11H2,(H,27,28). The quantitative estimate of drug-likeness (QED) is 0.694. The average Bonchev–Trinajstić information content (AvgIpc) is 3.15. The van der Waals surface area contributed by atoms with Crippen LogP contribution < -0.4 is 10.6 Å². The number of aromatic nitrogens is 1. The van der Waals surface area contributed by atoms with Crippen LogP contribution in [0.25, 0.3) is 11.3 Å². The van der Waals surface area contributed by atoms with Gasteiger partial charge in [-0.25, -0.2) is 0 Å². The molecule has 0 radical (unpaired) electrons. The van der Waals surface area contributed by atoms with Crippen molar-refractivity contribution in [1.29, 1.82) is 0 Å². The lowest BCUT2D eigenvalue weighted by Crippen LogP contribution is -2.13. The summed E-state index contributed by atoms with van der Waals surface area (Å²) in [4.78, 5) is 16.7. The second-order valence-corrected chi connectivity index (χ2v) is 6.52. The Morgan fingerprint density at radius 1 is 1.00 bits per heavy atom. The number of alkyl halides is 3. The fourth-order valence-corrected chi connectivity index (χ4v) is 3.20. The first-order valence-corrected chi connectivity index (χ1v) is 8.68. The molecule has 2 N–H and O–H groups in total. The van der Waals surface area contributed by atoms with Crippen LogP contribution in [-0.4, -0.2) is 10.9 Å². The van der Waals surface area contributed by atoms with E-state index in [0.717, 1.165) is 30.9 Å². The van der Waals surface area contributed by atoms with Crippen LogP contribution >= 0.6 is 0 Å². The molecule has 0 fully saturated rings. The summed E-state index contributed by atoms with van der Waals surface area (Å²) in [7, 11) is 0. The number of carbonyl (C=O) groups is 1. The number of nitrogens with one attached hydrogen (secondary N) is 2. The van der Waals surface area contributed by atoms with Gasteiger partial charge in [0.25, 0.3) is 5.91 Å². The second-order valence-electron chi connectivity index (χ2n) is 6.52. The summed E-state index contributed by atoms with van der Waals surface area (Å²) in [5.41, 5.74) is 3.29. The summed E-state index contributed by atoms with van der Waals surface area (Å²) in [6.07, 6.45) is -3.68. The third-order valence-electron chi connectivity index (χ3n) is 4.63. The van der Waals surface area contributed by atoms with E-state index in [0.29, 0.717) is 22.5 Å². The highest BCUT2D eigenvalue weighted by Crippen LogP contribution is 2.30. The number of fused-ring (bicyclic) bond motifs is 1. The van der Waals surface area contributed by atoms with Crippen molar-refractivity contribution < 1.29 is 18.0 Å². The van der Waals surface area contributed by atoms with Gasteiger partial charge in [-0.05, 0) is 41.5 Å². The fraction of sp³-hybridized carbons (Fsp3) is 0.143. The molecule has 0 saturated heterocycles. The number of hydrogen-bond acceptors (Lipinski definition) is 3. The van der Waals surface area contributed by atoms with E-state index in [9.17, 15) is 18.0 Å². The molecule has 4 rings (SSSR count). The second kappa shape index (κ2) is 7.09. The number of amides is 1. The fourth-order valence-electron chi connectivity index (χ4n) is 3.20. The van der Waals surface area contributed by atoms with Gasteiger partial charge in [0.05, 0.1) is 11.3 Å². The Bertz CT molecular complexity index is 1030. The number of anilines is 1. The molecule has 1 aromatic heterocycles. The highest BCUT2D eigenvalue weighted by atomic mass is 19.4. The van der Waals surface area contributed by atoms with Crippen molar-refractivity contribution in [2.24, 2.45) is 0 Å². The minimum absolute atomic E-state index is 0.303. The van der Waals surface area contributed by atoms with E-state index < -0.39 is 11.7 Å². The topological polar surface area (TPSA) is 54.0 Å². The molecule has 0 unspecified atom stereocenters. The van der Waals surface area contributed by atoms with Crippen molar-refractivity contribution in [3.05, 3.63) is 83.0 Å². The van der Waals surface area contributed by atoms with Gasteiger partial charge in [-0.3, -0.25) is 9.78 Å². The van der Waals surface area contributed by atoms with Crippen LogP contribution in [0.5, 0.6) is 0 Å². The Hall–Kier alpha value is -3.19. The van der Waals surface area contributed by atoms with Gasteiger partial charge in [-0.2, -0.15) is 13.2 Å². The van der Waals surface area contributed by atoms with Crippen LogP contribution in [0.1, 0.15) is 27.0 Å². The lowest BCUT2D eigenvalue weighted by Gasteiger charge is -2.12. The van der Waals surface area contributed by atoms with Gasteiger partial charge in [-0.1, -0.05) is 24.3 Å². The van der Waals surface area contributed by atoms with E-state index in [4.69, 9.17) is 0 Å². The van der Waals surface area contributed by atoms with Gasteiger partial charge in [0.2, 0.25) is 0 Å². The van der Waals surface area contributed by atoms with E-state index in [1.165, 1.54) is 11.6 Å². The average molecular weight is 383 g/mol. The van der Waals surface area contributed by atoms with E-state index in [-0.39, 0.29) is 5.91 Å². The first kappa shape index (κ1) is 18.2. The largest absolute Gasteiger partial charge is 0.417 e. The van der Waals surface area contributed by atoms with Crippen LogP contribution in [0.3, 0.4) is 0 Å². The number of halogens is 3. The number of benzene rings is 2. The normalized spacial score (nSPS) is 13.2. The predicted molar refractivity (Wildman–Crippen MR) is 99.6 cm³/mol. The molecule has 0 spiro atoms. The van der Waals surface area contributed by atoms with Crippen LogP contribution in [0.15, 0.2) is 60.8 Å². The van der Waals surface area contributed by atoms with E-state index in [2.05, 4.69) is 15.6 Å². The maximum Gasteiger partial charge on any atom is 0.417 e. The minimum Gasteiger partial charge on any atom is -0.322 e. The Balaban J connectivity index is 1.61. The molecule has 2 aromatic carbocycles. The van der Waals surface area contributed by atoms with Crippen molar-refractivity contribution in [2.45, 2.75) is 19.3 Å². The SMILES string of the molecule is O=C(Nc1ccc2c(c1)CNC2)c1ccccc1-c1ccc(C(F)(F)F)cn1. The maximum absolute atomic E-state index is 12.8. The van der Waals surface area contributed by atoms with Gasteiger partial charge in [0.15, 0.2) is 0 Å². The third-order valence-corrected chi connectivity index (χ3v) is 4.63. The number of hydrogen-bond donors (Lipinski definition) is 2. The van der Waals surface area contributed by atoms with Gasteiger partial charge in [-0.15, -0.1) is 0 Å². The number of rotatable bonds is 3. The molecule has 3 aromatic rings. The molecule has 1 aliphatic rings. The van der Waals surface area contributed by atoms with Gasteiger partial charge < -0.3 is 10.6 Å². The highest BCUT2D eigenvalue weighted by molar-refractivity contribution is 6.08. The Morgan fingerprint density at radius 3 is 2.54 bits per heavy atom. The zero-order valence-electron chi connectivity index (χ0n) is 14.7. The van der Waals surface area contributed by atoms with Gasteiger partial charge >= 0.3 is 6.18 Å². The Labute approximate surface area is 159 Å². The zero-order valence-corrected chi connectivity index (χ0v) is 14.7. The Morgan fingerprint density at radius 2 is 1.79 bits per heavy atom. The molecular formula is C21H16F3N3O. The van der Waals surface area contributed by atoms with Crippen LogP contribution in [0.2, 0.25) is 0 Å². The molecule has 1 amide bonds. The van der Waals surface area contributed by atoms with Crippen LogP contribution in [0.4, 0.5) is 18.9 Å². The summed E-state index contributed by atoms with van der Waals surface area (Å²) in [5.74, 6) is -0.344. The smallest absolute Gasteiger partial charge is 0.322 e. The monoisotopic (exact) mass is 383 g/mol. The number of carbonyl (C=O) groups excluding carboxylic acids is 1. The summed E-state index contributed by atoms with van der Waals surface area (Å²) < 4.78 is 38.3. The molecule has 0 bridgehead atoms. The number of nitrogens with zero attached hydrogens (tertiary/aromatic N) is 1. The van der Waals surface area contributed by atoms with Crippen LogP contribution in [-0.2, 0) is 19.3 Å². The lowest BCUT2D eigenvalue weighted by molar-refractivity contribution is -0.137. The summed E-state index contributed by atoms with van der Waals surface area (Å²) in [6, 6.07) is 14.7. The molecule has 0 saturated carbocycles. The minimum atomic E-state index is -4.45. The van der Waals surface area contributed by atoms with Crippen molar-refractivity contribution in [3.63, 3.8) is 0 Å². The predicted octanol–water partition coefficient (Wildman–Crippen LogP) is 4.62. The summed E-state index contributed by atoms with van der Waals surface area (Å²) in [5, 5.41) is 6.10. The van der Waals surface area contributed by atoms with E-state index in [1.807, 2.05) is 18.2 Å². The van der Waals surface area contributed by atoms with Crippen LogP contribution in [0, 0.1) is 0 Å². The molecule has 7 heteroatoms. The molecule has 0 aliphatic carbocycles. The Kier molecular flexibility index (Phi) is 4.60. The van der Waals surface area contributed by atoms with Crippen molar-refractivity contribution in [1.82, 2.24) is 10.3 Å². The highest BCUT2D eigenvalue weighted by Gasteiger charge is 2.30.